The van der Waals surface area contributed by atoms with E-state index < -0.39 is 0 Å². The molecule has 0 bridgehead atoms. The van der Waals surface area contributed by atoms with E-state index in [0.717, 1.165) is 52.6 Å². The molecule has 2 N–H and O–H groups in total. The fraction of sp³-hybridized carbons (Fsp3) is 0.273. The van der Waals surface area contributed by atoms with E-state index in [1.165, 1.54) is 5.39 Å². The predicted molar refractivity (Wildman–Crippen MR) is 117 cm³/mol. The van der Waals surface area contributed by atoms with E-state index in [1.807, 2.05) is 36.8 Å². The van der Waals surface area contributed by atoms with Crippen LogP contribution in [0.3, 0.4) is 0 Å². The van der Waals surface area contributed by atoms with Gasteiger partial charge in [0.05, 0.1) is 6.20 Å². The van der Waals surface area contributed by atoms with Crippen LogP contribution in [-0.2, 0) is 0 Å². The SMILES string of the molecule is CC1(N)CCN(c2cnc3nc(Sc4cccc5ccncc45)ccc3n2)CC1. The van der Waals surface area contributed by atoms with Crippen molar-refractivity contribution in [2.75, 3.05) is 18.0 Å². The lowest BCUT2D eigenvalue weighted by Gasteiger charge is -2.37. The summed E-state index contributed by atoms with van der Waals surface area (Å²) in [5.74, 6) is 0.898. The summed E-state index contributed by atoms with van der Waals surface area (Å²) in [5.41, 5.74) is 7.64. The van der Waals surface area contributed by atoms with Crippen LogP contribution in [0.5, 0.6) is 0 Å². The van der Waals surface area contributed by atoms with E-state index in [1.54, 1.807) is 11.8 Å². The molecule has 1 aromatic carbocycles. The second kappa shape index (κ2) is 7.24. The van der Waals surface area contributed by atoms with E-state index in [-0.39, 0.29) is 5.54 Å². The number of rotatable bonds is 3. The van der Waals surface area contributed by atoms with E-state index in [0.29, 0.717) is 5.65 Å². The number of fused-ring (bicyclic) bond motifs is 2. The average Bonchev–Trinajstić information content (AvgIpc) is 2.74. The van der Waals surface area contributed by atoms with Crippen molar-refractivity contribution in [3.63, 3.8) is 0 Å². The van der Waals surface area contributed by atoms with Gasteiger partial charge in [0.15, 0.2) is 5.65 Å². The Morgan fingerprint density at radius 2 is 1.90 bits per heavy atom. The van der Waals surface area contributed by atoms with Crippen LogP contribution in [0.15, 0.2) is 64.9 Å². The fourth-order valence-electron chi connectivity index (χ4n) is 3.62. The summed E-state index contributed by atoms with van der Waals surface area (Å²) >= 11 is 1.62. The topological polar surface area (TPSA) is 80.8 Å². The minimum Gasteiger partial charge on any atom is -0.355 e. The zero-order chi connectivity index (χ0) is 19.8. The maximum Gasteiger partial charge on any atom is 0.179 e. The fourth-order valence-corrected chi connectivity index (χ4v) is 4.54. The molecule has 6 nitrogen and oxygen atoms in total. The minimum atomic E-state index is -0.0778. The molecule has 0 saturated carbocycles. The van der Waals surface area contributed by atoms with Crippen LogP contribution in [0.25, 0.3) is 21.9 Å². The Labute approximate surface area is 173 Å². The summed E-state index contributed by atoms with van der Waals surface area (Å²) in [5, 5.41) is 3.19. The second-order valence-electron chi connectivity index (χ2n) is 7.82. The molecule has 4 heterocycles. The summed E-state index contributed by atoms with van der Waals surface area (Å²) in [6.07, 6.45) is 7.45. The van der Waals surface area contributed by atoms with E-state index in [2.05, 4.69) is 40.0 Å². The van der Waals surface area contributed by atoms with Gasteiger partial charge in [-0.3, -0.25) is 4.98 Å². The lowest BCUT2D eigenvalue weighted by molar-refractivity contribution is 0.363. The molecule has 29 heavy (non-hydrogen) atoms. The summed E-state index contributed by atoms with van der Waals surface area (Å²) in [6, 6.07) is 12.3. The molecule has 1 fully saturated rings. The second-order valence-corrected chi connectivity index (χ2v) is 8.88. The van der Waals surface area contributed by atoms with Gasteiger partial charge in [0, 0.05) is 41.3 Å². The quantitative estimate of drug-likeness (QED) is 0.554. The first kappa shape index (κ1) is 18.3. The molecular weight excluding hydrogens is 380 g/mol. The highest BCUT2D eigenvalue weighted by atomic mass is 32.2. The number of pyridine rings is 2. The average molecular weight is 403 g/mol. The summed E-state index contributed by atoms with van der Waals surface area (Å²) in [6.45, 7) is 3.93. The normalized spacial score (nSPS) is 16.4. The van der Waals surface area contributed by atoms with Gasteiger partial charge in [-0.05, 0) is 49.4 Å². The van der Waals surface area contributed by atoms with Crippen molar-refractivity contribution in [3.8, 4) is 0 Å². The third-order valence-corrected chi connectivity index (χ3v) is 6.47. The molecule has 3 aromatic heterocycles. The monoisotopic (exact) mass is 402 g/mol. The molecule has 1 aliphatic rings. The number of nitrogens with zero attached hydrogens (tertiary/aromatic N) is 5. The van der Waals surface area contributed by atoms with Crippen LogP contribution in [0.4, 0.5) is 5.82 Å². The third kappa shape index (κ3) is 3.75. The van der Waals surface area contributed by atoms with Crippen molar-refractivity contribution < 1.29 is 0 Å². The zero-order valence-electron chi connectivity index (χ0n) is 16.2. The van der Waals surface area contributed by atoms with Gasteiger partial charge in [0.25, 0.3) is 0 Å². The number of hydrogen-bond acceptors (Lipinski definition) is 7. The first-order valence-corrected chi connectivity index (χ1v) is 10.6. The molecule has 1 saturated heterocycles. The number of hydrogen-bond donors (Lipinski definition) is 1. The minimum absolute atomic E-state index is 0.0778. The number of benzene rings is 1. The summed E-state index contributed by atoms with van der Waals surface area (Å²) < 4.78 is 0. The van der Waals surface area contributed by atoms with Crippen LogP contribution in [0.1, 0.15) is 19.8 Å². The first-order valence-electron chi connectivity index (χ1n) is 9.76. The molecule has 0 radical (unpaired) electrons. The molecule has 0 unspecified atom stereocenters. The van der Waals surface area contributed by atoms with Gasteiger partial charge in [-0.2, -0.15) is 0 Å². The van der Waals surface area contributed by atoms with Gasteiger partial charge >= 0.3 is 0 Å². The van der Waals surface area contributed by atoms with E-state index >= 15 is 0 Å². The first-order chi connectivity index (χ1) is 14.1. The molecule has 146 valence electrons. The number of nitrogens with two attached hydrogens (primary N) is 1. The van der Waals surface area contributed by atoms with Crippen molar-refractivity contribution in [2.24, 2.45) is 5.73 Å². The molecule has 0 aliphatic carbocycles. The lowest BCUT2D eigenvalue weighted by atomic mass is 9.91. The van der Waals surface area contributed by atoms with Gasteiger partial charge in [0.2, 0.25) is 0 Å². The summed E-state index contributed by atoms with van der Waals surface area (Å²) in [4.78, 5) is 21.7. The van der Waals surface area contributed by atoms with Crippen LogP contribution in [0.2, 0.25) is 0 Å². The van der Waals surface area contributed by atoms with E-state index in [4.69, 9.17) is 15.7 Å². The molecule has 4 aromatic rings. The van der Waals surface area contributed by atoms with Gasteiger partial charge < -0.3 is 10.6 Å². The highest BCUT2D eigenvalue weighted by Gasteiger charge is 2.26. The Morgan fingerprint density at radius 3 is 2.76 bits per heavy atom. The van der Waals surface area contributed by atoms with Gasteiger partial charge in [-0.1, -0.05) is 23.9 Å². The highest BCUT2D eigenvalue weighted by Crippen LogP contribution is 2.33. The van der Waals surface area contributed by atoms with E-state index in [9.17, 15) is 0 Å². The molecule has 0 atom stereocenters. The maximum absolute atomic E-state index is 6.24. The number of piperidine rings is 1. The summed E-state index contributed by atoms with van der Waals surface area (Å²) in [7, 11) is 0. The van der Waals surface area contributed by atoms with Gasteiger partial charge in [-0.15, -0.1) is 0 Å². The van der Waals surface area contributed by atoms with Crippen LogP contribution >= 0.6 is 11.8 Å². The molecule has 1 aliphatic heterocycles. The Morgan fingerprint density at radius 1 is 1.03 bits per heavy atom. The van der Waals surface area contributed by atoms with Gasteiger partial charge in [0.1, 0.15) is 16.4 Å². The van der Waals surface area contributed by atoms with Crippen LogP contribution in [-0.4, -0.2) is 38.6 Å². The largest absolute Gasteiger partial charge is 0.355 e. The van der Waals surface area contributed by atoms with Crippen molar-refractivity contribution in [3.05, 3.63) is 55.0 Å². The van der Waals surface area contributed by atoms with Crippen LogP contribution < -0.4 is 10.6 Å². The standard InChI is InChI=1S/C22H22N6S/c1-22(23)8-11-28(12-9-22)19-14-25-21-17(26-19)5-6-20(27-21)29-18-4-2-3-15-7-10-24-13-16(15)18/h2-7,10,13-14H,8-9,11-12,23H2,1H3. The molecular formula is C22H22N6S. The Kier molecular flexibility index (Phi) is 4.56. The molecule has 5 rings (SSSR count). The Bertz CT molecular complexity index is 1180. The van der Waals surface area contributed by atoms with Crippen molar-refractivity contribution >= 4 is 39.5 Å². The Balaban J connectivity index is 1.41. The van der Waals surface area contributed by atoms with Crippen molar-refractivity contribution in [1.29, 1.82) is 0 Å². The predicted octanol–water partition coefficient (Wildman–Crippen LogP) is 4.04. The van der Waals surface area contributed by atoms with Crippen molar-refractivity contribution in [2.45, 2.75) is 35.2 Å². The maximum atomic E-state index is 6.24. The molecule has 7 heteroatoms. The number of anilines is 1. The third-order valence-electron chi connectivity index (χ3n) is 5.45. The van der Waals surface area contributed by atoms with Gasteiger partial charge in [-0.25, -0.2) is 15.0 Å². The number of aromatic nitrogens is 4. The molecule has 0 amide bonds. The smallest absolute Gasteiger partial charge is 0.179 e. The Hall–Kier alpha value is -2.77. The van der Waals surface area contributed by atoms with Crippen molar-refractivity contribution in [1.82, 2.24) is 19.9 Å². The zero-order valence-corrected chi connectivity index (χ0v) is 17.1. The van der Waals surface area contributed by atoms with Crippen LogP contribution in [0, 0.1) is 0 Å². The lowest BCUT2D eigenvalue weighted by Crippen LogP contribution is -2.48. The molecule has 0 spiro atoms. The highest BCUT2D eigenvalue weighted by molar-refractivity contribution is 7.99.